The molecule has 2 aromatic rings. The molecule has 0 aliphatic heterocycles. The van der Waals surface area contributed by atoms with Crippen LogP contribution in [0.1, 0.15) is 71.8 Å². The quantitative estimate of drug-likeness (QED) is 0.640. The smallest absolute Gasteiger partial charge is 0.206 e. The zero-order chi connectivity index (χ0) is 17.4. The molecule has 2 rings (SSSR count). The third-order valence-electron chi connectivity index (χ3n) is 4.32. The largest absolute Gasteiger partial charge is 0.384 e. The Hall–Kier alpha value is -1.91. The molecule has 0 radical (unpaired) electrons. The minimum Gasteiger partial charge on any atom is -0.384 e. The van der Waals surface area contributed by atoms with Gasteiger partial charge >= 0.3 is 0 Å². The van der Waals surface area contributed by atoms with E-state index in [1.165, 1.54) is 44.1 Å². The van der Waals surface area contributed by atoms with Crippen LogP contribution in [0.3, 0.4) is 0 Å². The molecule has 5 nitrogen and oxygen atoms in total. The standard InChI is InChI=1S/C19H31N5/c1-5-6-7-8-9-10-13-20-17-12-11-15(19(2,3)4)14-16(17)18-21-23-24-22-18/h11-12,14,20H,5-10,13H2,1-4H3,(H,21,22,23,24). The zero-order valence-electron chi connectivity index (χ0n) is 15.5. The Balaban J connectivity index is 2.01. The summed E-state index contributed by atoms with van der Waals surface area (Å²) >= 11 is 0. The molecular weight excluding hydrogens is 298 g/mol. The fraction of sp³-hybridized carbons (Fsp3) is 0.632. The first-order chi connectivity index (χ1) is 11.5. The van der Waals surface area contributed by atoms with E-state index in [1.54, 1.807) is 0 Å². The van der Waals surface area contributed by atoms with E-state index in [0.29, 0.717) is 5.82 Å². The Bertz CT molecular complexity index is 599. The molecule has 0 aliphatic rings. The summed E-state index contributed by atoms with van der Waals surface area (Å²) in [6.07, 6.45) is 7.80. The third kappa shape index (κ3) is 5.32. The predicted molar refractivity (Wildman–Crippen MR) is 100 cm³/mol. The van der Waals surface area contributed by atoms with Crippen molar-refractivity contribution in [3.05, 3.63) is 23.8 Å². The van der Waals surface area contributed by atoms with E-state index in [-0.39, 0.29) is 5.41 Å². The summed E-state index contributed by atoms with van der Waals surface area (Å²) in [6, 6.07) is 6.50. The van der Waals surface area contributed by atoms with Crippen LogP contribution in [0.2, 0.25) is 0 Å². The predicted octanol–water partition coefficient (Wildman–Crippen LogP) is 4.94. The van der Waals surface area contributed by atoms with Gasteiger partial charge in [0, 0.05) is 17.8 Å². The highest BCUT2D eigenvalue weighted by Crippen LogP contribution is 2.31. The maximum atomic E-state index is 4.16. The Morgan fingerprint density at radius 1 is 1.04 bits per heavy atom. The summed E-state index contributed by atoms with van der Waals surface area (Å²) in [5.41, 5.74) is 3.46. The number of benzene rings is 1. The van der Waals surface area contributed by atoms with Crippen LogP contribution >= 0.6 is 0 Å². The van der Waals surface area contributed by atoms with Crippen LogP contribution in [-0.4, -0.2) is 27.2 Å². The average molecular weight is 329 g/mol. The second-order valence-electron chi connectivity index (χ2n) is 7.44. The summed E-state index contributed by atoms with van der Waals surface area (Å²) in [7, 11) is 0. The maximum absolute atomic E-state index is 4.16. The molecule has 1 aromatic carbocycles. The molecule has 0 unspecified atom stereocenters. The number of aromatic nitrogens is 4. The maximum Gasteiger partial charge on any atom is 0.206 e. The van der Waals surface area contributed by atoms with Crippen LogP contribution in [0.5, 0.6) is 0 Å². The van der Waals surface area contributed by atoms with Crippen molar-refractivity contribution < 1.29 is 0 Å². The number of unbranched alkanes of at least 4 members (excludes halogenated alkanes) is 5. The molecule has 0 bridgehead atoms. The highest BCUT2D eigenvalue weighted by Gasteiger charge is 2.17. The molecule has 0 amide bonds. The lowest BCUT2D eigenvalue weighted by Crippen LogP contribution is -2.12. The van der Waals surface area contributed by atoms with Crippen LogP contribution < -0.4 is 5.32 Å². The van der Waals surface area contributed by atoms with Gasteiger partial charge < -0.3 is 5.32 Å². The van der Waals surface area contributed by atoms with Gasteiger partial charge in [-0.05, 0) is 34.7 Å². The van der Waals surface area contributed by atoms with Gasteiger partial charge in [0.05, 0.1) is 0 Å². The Morgan fingerprint density at radius 2 is 1.79 bits per heavy atom. The topological polar surface area (TPSA) is 66.5 Å². The van der Waals surface area contributed by atoms with E-state index >= 15 is 0 Å². The van der Waals surface area contributed by atoms with Gasteiger partial charge in [0.25, 0.3) is 0 Å². The fourth-order valence-electron chi connectivity index (χ4n) is 2.75. The normalized spacial score (nSPS) is 11.7. The van der Waals surface area contributed by atoms with Gasteiger partial charge in [0.2, 0.25) is 5.82 Å². The highest BCUT2D eigenvalue weighted by atomic mass is 15.5. The molecule has 5 heteroatoms. The number of hydrogen-bond donors (Lipinski definition) is 2. The van der Waals surface area contributed by atoms with Gasteiger partial charge in [-0.25, -0.2) is 0 Å². The minimum absolute atomic E-state index is 0.0935. The summed E-state index contributed by atoms with van der Waals surface area (Å²) in [5.74, 6) is 0.645. The lowest BCUT2D eigenvalue weighted by atomic mass is 9.86. The highest BCUT2D eigenvalue weighted by molar-refractivity contribution is 5.74. The number of anilines is 1. The van der Waals surface area contributed by atoms with Crippen molar-refractivity contribution in [2.24, 2.45) is 0 Å². The van der Waals surface area contributed by atoms with E-state index in [9.17, 15) is 0 Å². The first-order valence-electron chi connectivity index (χ1n) is 9.14. The molecule has 1 heterocycles. The van der Waals surface area contributed by atoms with Gasteiger partial charge in [0.15, 0.2) is 0 Å². The first-order valence-corrected chi connectivity index (χ1v) is 9.14. The molecule has 132 valence electrons. The SMILES string of the molecule is CCCCCCCCNc1ccc(C(C)(C)C)cc1-c1nn[nH]n1. The lowest BCUT2D eigenvalue weighted by Gasteiger charge is -2.21. The van der Waals surface area contributed by atoms with E-state index in [1.807, 2.05) is 0 Å². The Morgan fingerprint density at radius 3 is 2.46 bits per heavy atom. The number of hydrogen-bond acceptors (Lipinski definition) is 4. The summed E-state index contributed by atoms with van der Waals surface area (Å²) in [6.45, 7) is 9.87. The van der Waals surface area contributed by atoms with Crippen molar-refractivity contribution in [1.29, 1.82) is 0 Å². The van der Waals surface area contributed by atoms with Gasteiger partial charge in [0.1, 0.15) is 0 Å². The van der Waals surface area contributed by atoms with Crippen LogP contribution in [0, 0.1) is 0 Å². The van der Waals surface area contributed by atoms with Gasteiger partial charge in [-0.2, -0.15) is 5.21 Å². The molecule has 0 fully saturated rings. The molecular formula is C19H31N5. The van der Waals surface area contributed by atoms with Crippen LogP contribution in [0.25, 0.3) is 11.4 Å². The molecule has 1 aromatic heterocycles. The van der Waals surface area contributed by atoms with E-state index in [2.05, 4.69) is 71.8 Å². The Kier molecular flexibility index (Phi) is 6.76. The van der Waals surface area contributed by atoms with Crippen molar-refractivity contribution in [1.82, 2.24) is 20.6 Å². The summed E-state index contributed by atoms with van der Waals surface area (Å²) in [5, 5.41) is 18.1. The molecule has 0 atom stereocenters. The number of nitrogens with one attached hydrogen (secondary N) is 2. The summed E-state index contributed by atoms with van der Waals surface area (Å²) in [4.78, 5) is 0. The van der Waals surface area contributed by atoms with E-state index in [4.69, 9.17) is 0 Å². The molecule has 2 N–H and O–H groups in total. The molecule has 0 aliphatic carbocycles. The van der Waals surface area contributed by atoms with E-state index in [0.717, 1.165) is 17.8 Å². The van der Waals surface area contributed by atoms with Crippen molar-refractivity contribution >= 4 is 5.69 Å². The molecule has 24 heavy (non-hydrogen) atoms. The Labute approximate surface area is 145 Å². The van der Waals surface area contributed by atoms with Gasteiger partial charge in [-0.3, -0.25) is 0 Å². The van der Waals surface area contributed by atoms with E-state index < -0.39 is 0 Å². The number of H-pyrrole nitrogens is 1. The monoisotopic (exact) mass is 329 g/mol. The molecule has 0 saturated heterocycles. The van der Waals surface area contributed by atoms with Crippen molar-refractivity contribution in [2.45, 2.75) is 71.6 Å². The average Bonchev–Trinajstić information content (AvgIpc) is 3.07. The third-order valence-corrected chi connectivity index (χ3v) is 4.32. The molecule has 0 spiro atoms. The van der Waals surface area contributed by atoms with Crippen LogP contribution in [0.15, 0.2) is 18.2 Å². The van der Waals surface area contributed by atoms with Crippen LogP contribution in [0.4, 0.5) is 5.69 Å². The van der Waals surface area contributed by atoms with Crippen molar-refractivity contribution in [2.75, 3.05) is 11.9 Å². The first kappa shape index (κ1) is 18.4. The number of nitrogens with zero attached hydrogens (tertiary/aromatic N) is 3. The number of rotatable bonds is 9. The van der Waals surface area contributed by atoms with Gasteiger partial charge in [-0.15, -0.1) is 10.2 Å². The van der Waals surface area contributed by atoms with Crippen molar-refractivity contribution in [3.8, 4) is 11.4 Å². The zero-order valence-corrected chi connectivity index (χ0v) is 15.5. The lowest BCUT2D eigenvalue weighted by molar-refractivity contribution is 0.590. The summed E-state index contributed by atoms with van der Waals surface area (Å²) < 4.78 is 0. The van der Waals surface area contributed by atoms with Gasteiger partial charge in [-0.1, -0.05) is 65.9 Å². The fourth-order valence-corrected chi connectivity index (χ4v) is 2.75. The second-order valence-corrected chi connectivity index (χ2v) is 7.44. The second kappa shape index (κ2) is 8.81. The van der Waals surface area contributed by atoms with Crippen LogP contribution in [-0.2, 0) is 5.41 Å². The number of tetrazole rings is 1. The number of aromatic amines is 1. The molecule has 0 saturated carbocycles. The van der Waals surface area contributed by atoms with Crippen molar-refractivity contribution in [3.63, 3.8) is 0 Å². The minimum atomic E-state index is 0.0935.